The predicted molar refractivity (Wildman–Crippen MR) is 128 cm³/mol. The summed E-state index contributed by atoms with van der Waals surface area (Å²) >= 11 is 0. The third-order valence-corrected chi connectivity index (χ3v) is 6.37. The topological polar surface area (TPSA) is 113 Å². The third-order valence-electron chi connectivity index (χ3n) is 6.37. The molecule has 0 spiro atoms. The molecule has 3 unspecified atom stereocenters. The van der Waals surface area contributed by atoms with E-state index in [1.165, 1.54) is 6.20 Å². The average Bonchev–Trinajstić information content (AvgIpc) is 3.55. The molecule has 1 fully saturated rings. The van der Waals surface area contributed by atoms with Gasteiger partial charge in [-0.05, 0) is 24.0 Å². The van der Waals surface area contributed by atoms with E-state index in [0.29, 0.717) is 11.5 Å². The molecule has 0 bridgehead atoms. The summed E-state index contributed by atoms with van der Waals surface area (Å²) in [7, 11) is 1.15. The summed E-state index contributed by atoms with van der Waals surface area (Å²) in [5.41, 5.74) is 2.16. The van der Waals surface area contributed by atoms with Crippen molar-refractivity contribution < 1.29 is 27.5 Å². The number of carbonyl (C=O) groups is 2. The lowest BCUT2D eigenvalue weighted by atomic mass is 10.0. The fraction of sp³-hybridized carbons (Fsp3) is 0.400. The number of nitrogens with zero attached hydrogens (tertiary/aromatic N) is 4. The quantitative estimate of drug-likeness (QED) is 0.503. The van der Waals surface area contributed by atoms with Crippen molar-refractivity contribution in [2.45, 2.75) is 38.5 Å². The summed E-state index contributed by atoms with van der Waals surface area (Å²) in [6.07, 6.45) is -0.842. The van der Waals surface area contributed by atoms with Crippen LogP contribution in [0.4, 0.5) is 18.0 Å². The zero-order chi connectivity index (χ0) is 26.7. The monoisotopic (exact) mass is 516 g/mol. The largest absolute Gasteiger partial charge is 0.453 e. The molecule has 12 heteroatoms. The zero-order valence-electron chi connectivity index (χ0n) is 20.5. The molecule has 2 aromatic heterocycles. The van der Waals surface area contributed by atoms with E-state index in [9.17, 15) is 22.8 Å². The first-order valence-electron chi connectivity index (χ1n) is 11.7. The van der Waals surface area contributed by atoms with Gasteiger partial charge in [0.1, 0.15) is 11.9 Å². The maximum Gasteiger partial charge on any atom is 0.407 e. The Bertz CT molecular complexity index is 1230. The number of aromatic nitrogens is 4. The van der Waals surface area contributed by atoms with Gasteiger partial charge in [-0.15, -0.1) is 0 Å². The van der Waals surface area contributed by atoms with Crippen molar-refractivity contribution in [1.29, 1.82) is 0 Å². The van der Waals surface area contributed by atoms with Crippen molar-refractivity contribution in [3.05, 3.63) is 54.7 Å². The number of H-pyrrole nitrogens is 1. The number of nitrogens with one attached hydrogen (secondary N) is 2. The van der Waals surface area contributed by atoms with Crippen LogP contribution in [-0.2, 0) is 9.53 Å². The van der Waals surface area contributed by atoms with Gasteiger partial charge in [0.05, 0.1) is 31.0 Å². The van der Waals surface area contributed by atoms with Crippen LogP contribution in [0.2, 0.25) is 0 Å². The number of halogens is 3. The van der Waals surface area contributed by atoms with E-state index in [1.54, 1.807) is 32.3 Å². The molecule has 1 aliphatic heterocycles. The number of aromatic amines is 1. The minimum Gasteiger partial charge on any atom is -0.453 e. The Morgan fingerprint density at radius 1 is 1.11 bits per heavy atom. The summed E-state index contributed by atoms with van der Waals surface area (Å²) in [6, 6.07) is 7.06. The Balaban J connectivity index is 1.60. The van der Waals surface area contributed by atoms with Gasteiger partial charge >= 0.3 is 12.3 Å². The lowest BCUT2D eigenvalue weighted by Gasteiger charge is -2.30. The summed E-state index contributed by atoms with van der Waals surface area (Å²) in [5.74, 6) is -1.91. The molecule has 0 aliphatic carbocycles. The number of alkyl carbamates (subject to hydrolysis) is 1. The number of likely N-dealkylation sites (tertiary alicyclic amines) is 1. The summed E-state index contributed by atoms with van der Waals surface area (Å²) < 4.78 is 45.7. The molecule has 196 valence electrons. The molecule has 3 atom stereocenters. The first-order valence-corrected chi connectivity index (χ1v) is 11.7. The van der Waals surface area contributed by atoms with Gasteiger partial charge in [0, 0.05) is 24.5 Å². The van der Waals surface area contributed by atoms with Crippen LogP contribution >= 0.6 is 0 Å². The highest BCUT2D eigenvalue weighted by molar-refractivity contribution is 5.86. The van der Waals surface area contributed by atoms with Gasteiger partial charge in [0.2, 0.25) is 5.91 Å². The lowest BCUT2D eigenvalue weighted by Crippen LogP contribution is -2.51. The van der Waals surface area contributed by atoms with Crippen LogP contribution in [0.1, 0.15) is 32.1 Å². The van der Waals surface area contributed by atoms with Crippen molar-refractivity contribution in [3.63, 3.8) is 0 Å². The first kappa shape index (κ1) is 26.1. The number of alkyl halides is 3. The molecule has 2 N–H and O–H groups in total. The molecule has 9 nitrogen and oxygen atoms in total. The Kier molecular flexibility index (Phi) is 7.46. The van der Waals surface area contributed by atoms with E-state index in [4.69, 9.17) is 0 Å². The maximum absolute atomic E-state index is 13.7. The number of ether oxygens (including phenoxy) is 1. The maximum atomic E-state index is 13.7. The van der Waals surface area contributed by atoms with Crippen molar-refractivity contribution in [3.8, 4) is 22.6 Å². The van der Waals surface area contributed by atoms with E-state index < -0.39 is 42.7 Å². The van der Waals surface area contributed by atoms with Crippen molar-refractivity contribution in [2.75, 3.05) is 13.7 Å². The first-order chi connectivity index (χ1) is 17.6. The SMILES string of the molecule is COC(=O)NC(C(=O)N1CC(C(F)(F)F)CC1c1ncc(-c2ccc(-c3ncccn3)cc2)[nH]1)C(C)C. The van der Waals surface area contributed by atoms with Gasteiger partial charge in [-0.3, -0.25) is 4.79 Å². The predicted octanol–water partition coefficient (Wildman–Crippen LogP) is 4.37. The van der Waals surface area contributed by atoms with Crippen molar-refractivity contribution in [2.24, 2.45) is 11.8 Å². The highest BCUT2D eigenvalue weighted by Crippen LogP contribution is 2.43. The van der Waals surface area contributed by atoms with Gasteiger partial charge in [0.15, 0.2) is 5.82 Å². The summed E-state index contributed by atoms with van der Waals surface area (Å²) in [4.78, 5) is 42.2. The average molecular weight is 517 g/mol. The molecule has 0 saturated carbocycles. The summed E-state index contributed by atoms with van der Waals surface area (Å²) in [6.45, 7) is 2.86. The molecule has 3 aromatic rings. The molecule has 4 rings (SSSR count). The van der Waals surface area contributed by atoms with Gasteiger partial charge in [-0.2, -0.15) is 13.2 Å². The fourth-order valence-electron chi connectivity index (χ4n) is 4.35. The molecule has 2 amide bonds. The third kappa shape index (κ3) is 5.73. The van der Waals surface area contributed by atoms with E-state index in [2.05, 4.69) is 30.0 Å². The normalized spacial score (nSPS) is 18.6. The number of imidazole rings is 1. The highest BCUT2D eigenvalue weighted by Gasteiger charge is 2.51. The Morgan fingerprint density at radius 3 is 2.35 bits per heavy atom. The van der Waals surface area contributed by atoms with Crippen LogP contribution in [0.5, 0.6) is 0 Å². The summed E-state index contributed by atoms with van der Waals surface area (Å²) in [5, 5.41) is 2.44. The second-order valence-corrected chi connectivity index (χ2v) is 9.17. The van der Waals surface area contributed by atoms with Gasteiger partial charge in [0.25, 0.3) is 0 Å². The lowest BCUT2D eigenvalue weighted by molar-refractivity contribution is -0.171. The number of hydrogen-bond donors (Lipinski definition) is 2. The van der Waals surface area contributed by atoms with Crippen LogP contribution in [0, 0.1) is 11.8 Å². The molecule has 1 saturated heterocycles. The smallest absolute Gasteiger partial charge is 0.407 e. The van der Waals surface area contributed by atoms with Crippen LogP contribution in [0.15, 0.2) is 48.9 Å². The van der Waals surface area contributed by atoms with Crippen LogP contribution in [-0.4, -0.2) is 62.7 Å². The molecular formula is C25H27F3N6O3. The van der Waals surface area contributed by atoms with Gasteiger partial charge in [-0.1, -0.05) is 38.1 Å². The van der Waals surface area contributed by atoms with Crippen molar-refractivity contribution in [1.82, 2.24) is 30.2 Å². The number of benzene rings is 1. The molecule has 1 aromatic carbocycles. The molecule has 1 aliphatic rings. The molecule has 0 radical (unpaired) electrons. The van der Waals surface area contributed by atoms with Crippen molar-refractivity contribution >= 4 is 12.0 Å². The highest BCUT2D eigenvalue weighted by atomic mass is 19.4. The number of amides is 2. The Hall–Kier alpha value is -3.96. The second-order valence-electron chi connectivity index (χ2n) is 9.17. The standard InChI is InChI=1S/C25H27F3N6O3/c1-14(2)20(33-24(36)37-3)23(35)34-13-17(25(26,27)28)11-19(34)22-31-12-18(32-22)15-5-7-16(8-6-15)21-29-9-4-10-30-21/h4-10,12,14,17,19-20H,11,13H2,1-3H3,(H,31,32)(H,33,36). The van der Waals surface area contributed by atoms with Crippen LogP contribution < -0.4 is 5.32 Å². The minimum atomic E-state index is -4.48. The number of carbonyl (C=O) groups excluding carboxylic acids is 2. The van der Waals surface area contributed by atoms with Crippen LogP contribution in [0.3, 0.4) is 0 Å². The second kappa shape index (κ2) is 10.6. The Morgan fingerprint density at radius 2 is 1.76 bits per heavy atom. The molecule has 37 heavy (non-hydrogen) atoms. The zero-order valence-corrected chi connectivity index (χ0v) is 20.5. The number of hydrogen-bond acceptors (Lipinski definition) is 6. The van der Waals surface area contributed by atoms with Gasteiger partial charge < -0.3 is 19.9 Å². The Labute approximate surface area is 211 Å². The van der Waals surface area contributed by atoms with E-state index >= 15 is 0 Å². The fourth-order valence-corrected chi connectivity index (χ4v) is 4.35. The minimum absolute atomic E-state index is 0.242. The number of methoxy groups -OCH3 is 1. The van der Waals surface area contributed by atoms with Crippen LogP contribution in [0.25, 0.3) is 22.6 Å². The van der Waals surface area contributed by atoms with E-state index in [-0.39, 0.29) is 18.2 Å². The van der Waals surface area contributed by atoms with E-state index in [0.717, 1.165) is 23.1 Å². The molecule has 3 heterocycles. The molecular weight excluding hydrogens is 489 g/mol. The van der Waals surface area contributed by atoms with Gasteiger partial charge in [-0.25, -0.2) is 19.7 Å². The number of rotatable bonds is 6. The van der Waals surface area contributed by atoms with E-state index in [1.807, 2.05) is 24.3 Å².